The molecule has 0 fully saturated rings. The Labute approximate surface area is 79.6 Å². The third-order valence-corrected chi connectivity index (χ3v) is 2.91. The Morgan fingerprint density at radius 1 is 1.23 bits per heavy atom. The summed E-state index contributed by atoms with van der Waals surface area (Å²) in [5.74, 6) is 0.782. The molecule has 1 radical (unpaired) electrons. The number of hydrogen-bond donors (Lipinski definition) is 1. The van der Waals surface area contributed by atoms with Gasteiger partial charge in [-0.3, -0.25) is 0 Å². The van der Waals surface area contributed by atoms with Crippen LogP contribution in [0.15, 0.2) is 0 Å². The van der Waals surface area contributed by atoms with Crippen LogP contribution in [-0.4, -0.2) is 22.7 Å². The van der Waals surface area contributed by atoms with E-state index in [0.29, 0.717) is 0 Å². The second kappa shape index (κ2) is 3.94. The lowest BCUT2D eigenvalue weighted by Crippen LogP contribution is -2.07. The van der Waals surface area contributed by atoms with Crippen LogP contribution < -0.4 is 0 Å². The van der Waals surface area contributed by atoms with Gasteiger partial charge in [-0.25, -0.2) is 0 Å². The van der Waals surface area contributed by atoms with E-state index in [1.54, 1.807) is 0 Å². The van der Waals surface area contributed by atoms with E-state index in [1.165, 1.54) is 30.7 Å². The monoisotopic (exact) mass is 176 g/mol. The molecule has 1 aromatic heterocycles. The number of aryl methyl sites for hydroxylation is 2. The molecule has 1 atom stereocenters. The summed E-state index contributed by atoms with van der Waals surface area (Å²) in [6.07, 6.45) is 5.96. The van der Waals surface area contributed by atoms with Gasteiger partial charge in [-0.05, 0) is 19.3 Å². The number of hydrogen-bond acceptors (Lipinski definition) is 2. The lowest BCUT2D eigenvalue weighted by molar-refractivity contribution is 0.603. The largest absolute Gasteiger partial charge is 0.197 e. The highest BCUT2D eigenvalue weighted by Crippen LogP contribution is 2.24. The van der Waals surface area contributed by atoms with Gasteiger partial charge in [0.1, 0.15) is 7.28 Å². The Hall–Kier alpha value is -0.795. The van der Waals surface area contributed by atoms with Crippen LogP contribution in [0, 0.1) is 0 Å². The molecule has 0 aromatic carbocycles. The highest BCUT2D eigenvalue weighted by atomic mass is 15.3. The molecular formula is C9H15BN3. The van der Waals surface area contributed by atoms with Crippen molar-refractivity contribution in [1.29, 1.82) is 0 Å². The zero-order valence-electron chi connectivity index (χ0n) is 8.08. The van der Waals surface area contributed by atoms with Crippen LogP contribution in [0.25, 0.3) is 0 Å². The Morgan fingerprint density at radius 3 is 2.77 bits per heavy atom. The predicted molar refractivity (Wildman–Crippen MR) is 53.0 cm³/mol. The average Bonchev–Trinajstić information content (AvgIpc) is 2.52. The first-order valence-electron chi connectivity index (χ1n) is 5.08. The van der Waals surface area contributed by atoms with Crippen molar-refractivity contribution in [2.75, 3.05) is 0 Å². The number of aromatic amines is 1. The fraction of sp³-hybridized carbons (Fsp3) is 0.778. The Bertz CT molecular complexity index is 272. The molecule has 1 aromatic rings. The van der Waals surface area contributed by atoms with Crippen molar-refractivity contribution in [2.24, 2.45) is 0 Å². The molecule has 1 unspecified atom stereocenters. The summed E-state index contributed by atoms with van der Waals surface area (Å²) in [5, 5.41) is 11.1. The van der Waals surface area contributed by atoms with E-state index in [1.807, 2.05) is 0 Å². The molecule has 4 heteroatoms. The topological polar surface area (TPSA) is 41.6 Å². The van der Waals surface area contributed by atoms with Crippen LogP contribution in [0.5, 0.6) is 0 Å². The first-order valence-corrected chi connectivity index (χ1v) is 5.08. The van der Waals surface area contributed by atoms with Gasteiger partial charge in [-0.2, -0.15) is 15.4 Å². The molecule has 1 aliphatic rings. The standard InChI is InChI=1S/C9H15BN3/c1-10-7-3-2-4-8-9(6-5-7)12-13-11-8/h7H,2-6H2,1H3,(H,11,12,13). The molecule has 0 amide bonds. The van der Waals surface area contributed by atoms with Crippen LogP contribution in [0.4, 0.5) is 0 Å². The smallest absolute Gasteiger partial charge is 0.110 e. The highest BCUT2D eigenvalue weighted by Gasteiger charge is 2.15. The summed E-state index contributed by atoms with van der Waals surface area (Å²) in [7, 11) is 2.32. The van der Waals surface area contributed by atoms with Crippen LogP contribution in [-0.2, 0) is 12.8 Å². The zero-order chi connectivity index (χ0) is 9.10. The molecule has 69 valence electrons. The van der Waals surface area contributed by atoms with Crippen molar-refractivity contribution >= 4 is 7.28 Å². The minimum absolute atomic E-state index is 0.782. The molecule has 2 rings (SSSR count). The molecule has 1 aliphatic carbocycles. The van der Waals surface area contributed by atoms with Crippen LogP contribution >= 0.6 is 0 Å². The summed E-state index contributed by atoms with van der Waals surface area (Å²) in [6, 6.07) is 0. The van der Waals surface area contributed by atoms with Gasteiger partial charge in [0.25, 0.3) is 0 Å². The van der Waals surface area contributed by atoms with E-state index in [-0.39, 0.29) is 0 Å². The Kier molecular flexibility index (Phi) is 2.66. The number of nitrogens with one attached hydrogen (secondary N) is 1. The minimum atomic E-state index is 0.782. The van der Waals surface area contributed by atoms with Gasteiger partial charge < -0.3 is 0 Å². The maximum Gasteiger partial charge on any atom is 0.110 e. The second-order valence-electron chi connectivity index (χ2n) is 3.74. The van der Waals surface area contributed by atoms with Crippen LogP contribution in [0.1, 0.15) is 30.7 Å². The normalized spacial score (nSPS) is 23.0. The SMILES string of the molecule is C[B]C1CCCc2n[nH]nc2CC1. The zero-order valence-corrected chi connectivity index (χ0v) is 8.08. The van der Waals surface area contributed by atoms with Crippen molar-refractivity contribution in [3.63, 3.8) is 0 Å². The summed E-state index contributed by atoms with van der Waals surface area (Å²) in [4.78, 5) is 0. The molecule has 0 saturated carbocycles. The Morgan fingerprint density at radius 2 is 2.00 bits per heavy atom. The molecule has 1 N–H and O–H groups in total. The molecule has 0 aliphatic heterocycles. The van der Waals surface area contributed by atoms with E-state index >= 15 is 0 Å². The van der Waals surface area contributed by atoms with Crippen LogP contribution in [0.2, 0.25) is 12.6 Å². The molecular weight excluding hydrogens is 161 g/mol. The average molecular weight is 176 g/mol. The highest BCUT2D eigenvalue weighted by molar-refractivity contribution is 6.35. The van der Waals surface area contributed by atoms with Crippen molar-refractivity contribution in [1.82, 2.24) is 15.4 Å². The number of H-pyrrole nitrogens is 1. The van der Waals surface area contributed by atoms with E-state index in [0.717, 1.165) is 18.7 Å². The van der Waals surface area contributed by atoms with Gasteiger partial charge in [0.05, 0.1) is 11.4 Å². The predicted octanol–water partition coefficient (Wildman–Crippen LogP) is 1.61. The number of fused-ring (bicyclic) bond motifs is 1. The van der Waals surface area contributed by atoms with Gasteiger partial charge in [0.15, 0.2) is 0 Å². The molecule has 0 bridgehead atoms. The fourth-order valence-electron chi connectivity index (χ4n) is 2.01. The quantitative estimate of drug-likeness (QED) is 0.660. The summed E-state index contributed by atoms with van der Waals surface area (Å²) in [6.45, 7) is 2.16. The Balaban J connectivity index is 2.07. The van der Waals surface area contributed by atoms with Gasteiger partial charge in [-0.1, -0.05) is 25.5 Å². The lowest BCUT2D eigenvalue weighted by Gasteiger charge is -2.15. The third-order valence-electron chi connectivity index (χ3n) is 2.91. The molecule has 0 saturated heterocycles. The van der Waals surface area contributed by atoms with E-state index in [4.69, 9.17) is 0 Å². The first kappa shape index (κ1) is 8.79. The number of nitrogens with zero attached hydrogens (tertiary/aromatic N) is 2. The molecule has 3 nitrogen and oxygen atoms in total. The molecule has 13 heavy (non-hydrogen) atoms. The lowest BCUT2D eigenvalue weighted by atomic mass is 9.62. The van der Waals surface area contributed by atoms with E-state index in [2.05, 4.69) is 29.5 Å². The molecule has 1 heterocycles. The second-order valence-corrected chi connectivity index (χ2v) is 3.74. The van der Waals surface area contributed by atoms with Crippen molar-refractivity contribution in [3.05, 3.63) is 11.4 Å². The van der Waals surface area contributed by atoms with E-state index < -0.39 is 0 Å². The van der Waals surface area contributed by atoms with Gasteiger partial charge in [0.2, 0.25) is 0 Å². The van der Waals surface area contributed by atoms with Crippen LogP contribution in [0.3, 0.4) is 0 Å². The number of aromatic nitrogens is 3. The van der Waals surface area contributed by atoms with Gasteiger partial charge >= 0.3 is 0 Å². The van der Waals surface area contributed by atoms with Crippen molar-refractivity contribution < 1.29 is 0 Å². The van der Waals surface area contributed by atoms with Gasteiger partial charge in [-0.15, -0.1) is 0 Å². The summed E-state index contributed by atoms with van der Waals surface area (Å²) >= 11 is 0. The van der Waals surface area contributed by atoms with Crippen molar-refractivity contribution in [2.45, 2.75) is 44.7 Å². The van der Waals surface area contributed by atoms with Crippen molar-refractivity contribution in [3.8, 4) is 0 Å². The minimum Gasteiger partial charge on any atom is -0.197 e. The molecule has 0 spiro atoms. The first-order chi connectivity index (χ1) is 6.40. The number of rotatable bonds is 1. The summed E-state index contributed by atoms with van der Waals surface area (Å²) < 4.78 is 0. The fourth-order valence-corrected chi connectivity index (χ4v) is 2.01. The van der Waals surface area contributed by atoms with Gasteiger partial charge in [0, 0.05) is 0 Å². The maximum absolute atomic E-state index is 4.18. The van der Waals surface area contributed by atoms with E-state index in [9.17, 15) is 0 Å². The summed E-state index contributed by atoms with van der Waals surface area (Å²) in [5.41, 5.74) is 2.38. The maximum atomic E-state index is 4.18. The third kappa shape index (κ3) is 1.93.